The second-order valence-corrected chi connectivity index (χ2v) is 7.15. The first-order chi connectivity index (χ1) is 15.9. The van der Waals surface area contributed by atoms with E-state index < -0.39 is 5.97 Å². The topological polar surface area (TPSA) is 44.8 Å². The van der Waals surface area contributed by atoms with Crippen LogP contribution in [-0.4, -0.2) is 12.1 Å². The van der Waals surface area contributed by atoms with Crippen molar-refractivity contribution in [2.45, 2.75) is 67.9 Å². The number of hydrogen-bond acceptors (Lipinski definition) is 4. The van der Waals surface area contributed by atoms with Crippen molar-refractivity contribution in [3.63, 3.8) is 0 Å². The summed E-state index contributed by atoms with van der Waals surface area (Å²) < 4.78 is 17.4. The molecule has 0 N–H and O–H groups in total. The predicted molar refractivity (Wildman–Crippen MR) is 137 cm³/mol. The Labute approximate surface area is 199 Å². The number of carbonyl (C=O) groups is 1. The molecule has 4 nitrogen and oxygen atoms in total. The highest BCUT2D eigenvalue weighted by Gasteiger charge is 2.15. The van der Waals surface area contributed by atoms with Gasteiger partial charge in [0.05, 0.1) is 11.7 Å². The van der Waals surface area contributed by atoms with Crippen LogP contribution in [0.4, 0.5) is 0 Å². The molecule has 0 amide bonds. The lowest BCUT2D eigenvalue weighted by Gasteiger charge is -2.14. The van der Waals surface area contributed by atoms with Crippen LogP contribution in [0.3, 0.4) is 0 Å². The van der Waals surface area contributed by atoms with Crippen molar-refractivity contribution in [3.05, 3.63) is 83.4 Å². The number of aryl methyl sites for hydroxylation is 2. The van der Waals surface area contributed by atoms with E-state index in [1.807, 2.05) is 104 Å². The van der Waals surface area contributed by atoms with Crippen molar-refractivity contribution < 1.29 is 19.0 Å². The quantitative estimate of drug-likeness (QED) is 0.337. The van der Waals surface area contributed by atoms with Gasteiger partial charge in [0, 0.05) is 6.07 Å². The zero-order valence-corrected chi connectivity index (χ0v) is 21.3. The van der Waals surface area contributed by atoms with Crippen LogP contribution in [0.1, 0.15) is 69.4 Å². The summed E-state index contributed by atoms with van der Waals surface area (Å²) >= 11 is 0. The summed E-state index contributed by atoms with van der Waals surface area (Å²) in [6, 6.07) is 20.6. The summed E-state index contributed by atoms with van der Waals surface area (Å²) in [7, 11) is 0. The molecule has 178 valence electrons. The van der Waals surface area contributed by atoms with E-state index >= 15 is 0 Å². The minimum atomic E-state index is -0.400. The van der Waals surface area contributed by atoms with Gasteiger partial charge in [-0.15, -0.1) is 0 Å². The fourth-order valence-electron chi connectivity index (χ4n) is 2.63. The maximum atomic E-state index is 12.6. The molecule has 0 aromatic heterocycles. The molecule has 0 fully saturated rings. The van der Waals surface area contributed by atoms with Gasteiger partial charge >= 0.3 is 5.97 Å². The third-order valence-corrected chi connectivity index (χ3v) is 4.51. The first-order valence-corrected chi connectivity index (χ1v) is 11.8. The zero-order chi connectivity index (χ0) is 24.8. The number of ether oxygens (including phenoxy) is 3. The Morgan fingerprint density at radius 3 is 1.45 bits per heavy atom. The van der Waals surface area contributed by atoms with Crippen molar-refractivity contribution in [2.75, 3.05) is 0 Å². The molecule has 0 aliphatic carbocycles. The summed E-state index contributed by atoms with van der Waals surface area (Å²) in [6.07, 6.45) is 0.587. The largest absolute Gasteiger partial charge is 0.459 e. The molecule has 3 aromatic carbocycles. The summed E-state index contributed by atoms with van der Waals surface area (Å²) in [5.74, 6) is 1.99. The van der Waals surface area contributed by atoms with E-state index in [4.69, 9.17) is 14.2 Å². The third-order valence-electron chi connectivity index (χ3n) is 4.51. The molecule has 0 aliphatic rings. The van der Waals surface area contributed by atoms with Crippen LogP contribution in [0.25, 0.3) is 0 Å². The van der Waals surface area contributed by atoms with Crippen molar-refractivity contribution in [1.29, 1.82) is 0 Å². The van der Waals surface area contributed by atoms with Crippen LogP contribution >= 0.6 is 0 Å². The monoisotopic (exact) mass is 450 g/mol. The molecule has 3 aromatic rings. The highest BCUT2D eigenvalue weighted by Crippen LogP contribution is 2.31. The van der Waals surface area contributed by atoms with Crippen LogP contribution in [0.5, 0.6) is 23.0 Å². The minimum Gasteiger partial charge on any atom is -0.459 e. The standard InChI is InChI=1S/C25H26O4.2C2H6/c1-5-19(4)27-25(26)20-14-23(28-21-10-6-17(2)7-11-21)16-24(15-20)29-22-12-8-18(3)9-13-22;2*1-2/h6-16,19H,5H2,1-4H3;2*1-2H3. The average molecular weight is 451 g/mol. The van der Waals surface area contributed by atoms with Gasteiger partial charge in [0.2, 0.25) is 0 Å². The van der Waals surface area contributed by atoms with Gasteiger partial charge in [-0.1, -0.05) is 70.0 Å². The van der Waals surface area contributed by atoms with Crippen molar-refractivity contribution in [3.8, 4) is 23.0 Å². The number of rotatable bonds is 7. The molecule has 4 heteroatoms. The average Bonchev–Trinajstić information content (AvgIpc) is 2.84. The molecule has 0 aliphatic heterocycles. The first-order valence-electron chi connectivity index (χ1n) is 11.8. The molecule has 3 rings (SSSR count). The third kappa shape index (κ3) is 9.40. The summed E-state index contributed by atoms with van der Waals surface area (Å²) in [4.78, 5) is 12.6. The van der Waals surface area contributed by atoms with Gasteiger partial charge < -0.3 is 14.2 Å². The summed E-state index contributed by atoms with van der Waals surface area (Å²) in [6.45, 7) is 15.9. The van der Waals surface area contributed by atoms with Gasteiger partial charge in [0.25, 0.3) is 0 Å². The van der Waals surface area contributed by atoms with E-state index in [-0.39, 0.29) is 6.10 Å². The molecule has 0 bridgehead atoms. The molecule has 0 spiro atoms. The maximum absolute atomic E-state index is 12.6. The lowest BCUT2D eigenvalue weighted by Crippen LogP contribution is -2.14. The van der Waals surface area contributed by atoms with Gasteiger partial charge in [0.15, 0.2) is 0 Å². The predicted octanol–water partition coefficient (Wildman–Crippen LogP) is 8.90. The first kappa shape index (κ1) is 27.8. The van der Waals surface area contributed by atoms with Gasteiger partial charge in [-0.05, 0) is 63.6 Å². The van der Waals surface area contributed by atoms with E-state index in [9.17, 15) is 4.79 Å². The lowest BCUT2D eigenvalue weighted by atomic mass is 10.2. The highest BCUT2D eigenvalue weighted by atomic mass is 16.5. The summed E-state index contributed by atoms with van der Waals surface area (Å²) in [5, 5.41) is 0. The number of carbonyl (C=O) groups excluding carboxylic acids is 1. The van der Waals surface area contributed by atoms with E-state index in [1.165, 1.54) is 0 Å². The Hall–Kier alpha value is -3.27. The molecule has 0 heterocycles. The van der Waals surface area contributed by atoms with Gasteiger partial charge in [-0.2, -0.15) is 0 Å². The summed E-state index contributed by atoms with van der Waals surface area (Å²) in [5.41, 5.74) is 2.68. The van der Waals surface area contributed by atoms with E-state index in [1.54, 1.807) is 18.2 Å². The van der Waals surface area contributed by atoms with Crippen LogP contribution in [-0.2, 0) is 4.74 Å². The van der Waals surface area contributed by atoms with Gasteiger partial charge in [-0.3, -0.25) is 0 Å². The van der Waals surface area contributed by atoms with Crippen LogP contribution in [0.15, 0.2) is 66.7 Å². The Morgan fingerprint density at radius 2 is 1.09 bits per heavy atom. The Kier molecular flexibility index (Phi) is 12.4. The molecule has 0 saturated carbocycles. The molecule has 33 heavy (non-hydrogen) atoms. The molecule has 1 atom stereocenters. The van der Waals surface area contributed by atoms with Crippen molar-refractivity contribution >= 4 is 5.97 Å². The number of esters is 1. The van der Waals surface area contributed by atoms with Crippen LogP contribution in [0, 0.1) is 13.8 Å². The molecular weight excluding hydrogens is 412 g/mol. The Bertz CT molecular complexity index is 894. The zero-order valence-electron chi connectivity index (χ0n) is 21.3. The maximum Gasteiger partial charge on any atom is 0.338 e. The van der Waals surface area contributed by atoms with Crippen LogP contribution < -0.4 is 9.47 Å². The number of benzene rings is 3. The van der Waals surface area contributed by atoms with E-state index in [0.29, 0.717) is 28.6 Å². The van der Waals surface area contributed by atoms with Gasteiger partial charge in [-0.25, -0.2) is 4.79 Å². The highest BCUT2D eigenvalue weighted by molar-refractivity contribution is 5.90. The van der Waals surface area contributed by atoms with Gasteiger partial charge in [0.1, 0.15) is 23.0 Å². The molecule has 1 unspecified atom stereocenters. The fraction of sp³-hybridized carbons (Fsp3) is 0.345. The van der Waals surface area contributed by atoms with Crippen molar-refractivity contribution in [1.82, 2.24) is 0 Å². The Morgan fingerprint density at radius 1 is 0.697 bits per heavy atom. The van der Waals surface area contributed by atoms with Crippen molar-refractivity contribution in [2.24, 2.45) is 0 Å². The molecule has 0 saturated heterocycles. The smallest absolute Gasteiger partial charge is 0.338 e. The minimum absolute atomic E-state index is 0.161. The normalized spacial score (nSPS) is 10.5. The second kappa shape index (κ2) is 14.7. The molecule has 0 radical (unpaired) electrons. The fourth-order valence-corrected chi connectivity index (χ4v) is 2.63. The SMILES string of the molecule is CC.CC.CCC(C)OC(=O)c1cc(Oc2ccc(C)cc2)cc(Oc2ccc(C)cc2)c1. The van der Waals surface area contributed by atoms with E-state index in [0.717, 1.165) is 17.5 Å². The number of hydrogen-bond donors (Lipinski definition) is 0. The van der Waals surface area contributed by atoms with E-state index in [2.05, 4.69) is 0 Å². The Balaban J connectivity index is 0.00000129. The van der Waals surface area contributed by atoms with Crippen LogP contribution in [0.2, 0.25) is 0 Å². The second-order valence-electron chi connectivity index (χ2n) is 7.15. The molecular formula is C29H38O4. The lowest BCUT2D eigenvalue weighted by molar-refractivity contribution is 0.0334.